The van der Waals surface area contributed by atoms with E-state index in [1.807, 2.05) is 61.2 Å². The first-order valence-corrected chi connectivity index (χ1v) is 11.3. The van der Waals surface area contributed by atoms with E-state index in [0.29, 0.717) is 45.0 Å². The highest BCUT2D eigenvalue weighted by Crippen LogP contribution is 2.25. The molecule has 4 rings (SSSR count). The second-order valence-electron chi connectivity index (χ2n) is 8.07. The number of anilines is 1. The number of nitrogens with zero attached hydrogens (tertiary/aromatic N) is 2. The van der Waals surface area contributed by atoms with E-state index in [0.717, 1.165) is 28.3 Å². The number of piperazine rings is 1. The smallest absolute Gasteiger partial charge is 0.253 e. The summed E-state index contributed by atoms with van der Waals surface area (Å²) in [4.78, 5) is 17.2. The molecule has 0 bridgehead atoms. The van der Waals surface area contributed by atoms with Gasteiger partial charge in [-0.1, -0.05) is 18.2 Å². The predicted octanol–water partition coefficient (Wildman–Crippen LogP) is 5.07. The lowest BCUT2D eigenvalue weighted by Gasteiger charge is -2.36. The van der Waals surface area contributed by atoms with Gasteiger partial charge in [-0.05, 0) is 67.9 Å². The Hall–Kier alpha value is -3.54. The van der Waals surface area contributed by atoms with Crippen molar-refractivity contribution in [3.63, 3.8) is 0 Å². The fourth-order valence-electron chi connectivity index (χ4n) is 4.00. The molecule has 5 nitrogen and oxygen atoms in total. The van der Waals surface area contributed by atoms with E-state index in [9.17, 15) is 9.18 Å². The zero-order valence-electron chi connectivity index (χ0n) is 19.1. The van der Waals surface area contributed by atoms with Gasteiger partial charge in [0.2, 0.25) is 0 Å². The summed E-state index contributed by atoms with van der Waals surface area (Å²) >= 11 is 0. The van der Waals surface area contributed by atoms with Crippen molar-refractivity contribution in [3.05, 3.63) is 89.2 Å². The number of ether oxygens (including phenoxy) is 2. The van der Waals surface area contributed by atoms with E-state index in [2.05, 4.69) is 4.90 Å². The molecule has 1 amide bonds. The number of para-hydroxylation sites is 1. The van der Waals surface area contributed by atoms with Crippen LogP contribution in [-0.2, 0) is 6.61 Å². The van der Waals surface area contributed by atoms with Crippen LogP contribution in [0.15, 0.2) is 66.7 Å². The van der Waals surface area contributed by atoms with E-state index in [1.54, 1.807) is 12.1 Å². The molecule has 3 aromatic rings. The fraction of sp³-hybridized carbons (Fsp3) is 0.296. The van der Waals surface area contributed by atoms with Crippen LogP contribution in [-0.4, -0.2) is 43.6 Å². The van der Waals surface area contributed by atoms with Crippen molar-refractivity contribution < 1.29 is 18.7 Å². The number of carbonyl (C=O) groups is 1. The lowest BCUT2D eigenvalue weighted by Crippen LogP contribution is -2.48. The first kappa shape index (κ1) is 22.6. The average molecular weight is 449 g/mol. The predicted molar refractivity (Wildman–Crippen MR) is 128 cm³/mol. The summed E-state index contributed by atoms with van der Waals surface area (Å²) in [7, 11) is 0. The molecule has 0 aliphatic carbocycles. The molecule has 172 valence electrons. The monoisotopic (exact) mass is 448 g/mol. The summed E-state index contributed by atoms with van der Waals surface area (Å²) in [6, 6.07) is 19.9. The molecule has 0 aromatic heterocycles. The summed E-state index contributed by atoms with van der Waals surface area (Å²) in [6.07, 6.45) is 0. The van der Waals surface area contributed by atoms with Crippen LogP contribution in [0, 0.1) is 12.7 Å². The van der Waals surface area contributed by atoms with Crippen LogP contribution in [0.4, 0.5) is 10.1 Å². The third-order valence-electron chi connectivity index (χ3n) is 5.84. The molecule has 6 heteroatoms. The van der Waals surface area contributed by atoms with Gasteiger partial charge >= 0.3 is 0 Å². The van der Waals surface area contributed by atoms with Crippen LogP contribution < -0.4 is 14.4 Å². The van der Waals surface area contributed by atoms with Gasteiger partial charge in [0.25, 0.3) is 5.91 Å². The van der Waals surface area contributed by atoms with Crippen molar-refractivity contribution in [2.24, 2.45) is 0 Å². The van der Waals surface area contributed by atoms with E-state index in [1.165, 1.54) is 12.1 Å². The third-order valence-corrected chi connectivity index (χ3v) is 5.84. The van der Waals surface area contributed by atoms with Crippen molar-refractivity contribution in [2.75, 3.05) is 37.7 Å². The lowest BCUT2D eigenvalue weighted by molar-refractivity contribution is 0.0746. The van der Waals surface area contributed by atoms with Gasteiger partial charge in [-0.15, -0.1) is 0 Å². The number of hydrogen-bond acceptors (Lipinski definition) is 4. The highest BCUT2D eigenvalue weighted by Gasteiger charge is 2.23. The van der Waals surface area contributed by atoms with Crippen LogP contribution in [0.25, 0.3) is 0 Å². The van der Waals surface area contributed by atoms with Crippen molar-refractivity contribution in [1.82, 2.24) is 4.90 Å². The van der Waals surface area contributed by atoms with Crippen LogP contribution in [0.1, 0.15) is 28.4 Å². The number of hydrogen-bond donors (Lipinski definition) is 0. The van der Waals surface area contributed by atoms with Gasteiger partial charge in [0.1, 0.15) is 23.9 Å². The number of aryl methyl sites for hydroxylation is 1. The van der Waals surface area contributed by atoms with Crippen molar-refractivity contribution in [3.8, 4) is 11.5 Å². The Morgan fingerprint density at radius 2 is 1.64 bits per heavy atom. The van der Waals surface area contributed by atoms with Crippen LogP contribution in [0.3, 0.4) is 0 Å². The molecule has 1 saturated heterocycles. The number of rotatable bonds is 7. The minimum atomic E-state index is -0.245. The second kappa shape index (κ2) is 10.4. The van der Waals surface area contributed by atoms with Crippen LogP contribution in [0.5, 0.6) is 11.5 Å². The Balaban J connectivity index is 1.44. The molecule has 1 heterocycles. The van der Waals surface area contributed by atoms with E-state index in [-0.39, 0.29) is 11.7 Å². The largest absolute Gasteiger partial charge is 0.493 e. The molecule has 0 spiro atoms. The number of benzene rings is 3. The molecule has 0 atom stereocenters. The molecule has 1 aliphatic heterocycles. The quantitative estimate of drug-likeness (QED) is 0.506. The Labute approximate surface area is 194 Å². The van der Waals surface area contributed by atoms with Gasteiger partial charge < -0.3 is 19.3 Å². The summed E-state index contributed by atoms with van der Waals surface area (Å²) < 4.78 is 25.0. The Kier molecular flexibility index (Phi) is 7.13. The topological polar surface area (TPSA) is 42.0 Å². The van der Waals surface area contributed by atoms with Gasteiger partial charge in [-0.25, -0.2) is 4.39 Å². The zero-order valence-corrected chi connectivity index (χ0v) is 19.1. The molecule has 0 N–H and O–H groups in total. The number of carbonyl (C=O) groups excluding carboxylic acids is 1. The van der Waals surface area contributed by atoms with Crippen molar-refractivity contribution in [2.45, 2.75) is 20.5 Å². The van der Waals surface area contributed by atoms with Crippen molar-refractivity contribution >= 4 is 11.6 Å². The van der Waals surface area contributed by atoms with Gasteiger partial charge in [0.05, 0.1) is 6.61 Å². The van der Waals surface area contributed by atoms with E-state index < -0.39 is 0 Å². The van der Waals surface area contributed by atoms with Crippen LogP contribution >= 0.6 is 0 Å². The Morgan fingerprint density at radius 1 is 0.909 bits per heavy atom. The maximum atomic E-state index is 13.2. The number of amides is 1. The molecule has 1 fully saturated rings. The molecule has 1 aliphatic rings. The lowest BCUT2D eigenvalue weighted by atomic mass is 10.1. The standard InChI is InChI=1S/C27H29FN2O3/c1-3-32-26-13-8-21(18-22(26)19-33-25-7-5-4-6-20(25)2)27(31)30-16-14-29(15-17-30)24-11-9-23(28)10-12-24/h4-13,18H,3,14-17,19H2,1-2H3. The SMILES string of the molecule is CCOc1ccc(C(=O)N2CCN(c3ccc(F)cc3)CC2)cc1COc1ccccc1C. The molecular weight excluding hydrogens is 419 g/mol. The maximum absolute atomic E-state index is 13.2. The normalized spacial score (nSPS) is 13.7. The third kappa shape index (κ3) is 5.45. The second-order valence-corrected chi connectivity index (χ2v) is 8.07. The molecule has 3 aromatic carbocycles. The minimum Gasteiger partial charge on any atom is -0.493 e. The van der Waals surface area contributed by atoms with E-state index >= 15 is 0 Å². The minimum absolute atomic E-state index is 0.00561. The summed E-state index contributed by atoms with van der Waals surface area (Å²) in [6.45, 7) is 7.43. The molecule has 33 heavy (non-hydrogen) atoms. The first-order valence-electron chi connectivity index (χ1n) is 11.3. The van der Waals surface area contributed by atoms with Crippen LogP contribution in [0.2, 0.25) is 0 Å². The van der Waals surface area contributed by atoms with E-state index in [4.69, 9.17) is 9.47 Å². The summed E-state index contributed by atoms with van der Waals surface area (Å²) in [5.41, 5.74) is 3.50. The van der Waals surface area contributed by atoms with Gasteiger partial charge in [0.15, 0.2) is 0 Å². The fourth-order valence-corrected chi connectivity index (χ4v) is 4.00. The van der Waals surface area contributed by atoms with Gasteiger partial charge in [0, 0.05) is 43.0 Å². The highest BCUT2D eigenvalue weighted by atomic mass is 19.1. The highest BCUT2D eigenvalue weighted by molar-refractivity contribution is 5.94. The molecule has 0 unspecified atom stereocenters. The molecule has 0 saturated carbocycles. The Bertz CT molecular complexity index is 1090. The molecule has 0 radical (unpaired) electrons. The molecular formula is C27H29FN2O3. The maximum Gasteiger partial charge on any atom is 0.253 e. The number of halogens is 1. The van der Waals surface area contributed by atoms with Gasteiger partial charge in [-0.2, -0.15) is 0 Å². The Morgan fingerprint density at radius 3 is 2.33 bits per heavy atom. The van der Waals surface area contributed by atoms with Gasteiger partial charge in [-0.3, -0.25) is 4.79 Å². The zero-order chi connectivity index (χ0) is 23.2. The first-order chi connectivity index (χ1) is 16.0. The summed E-state index contributed by atoms with van der Waals surface area (Å²) in [5, 5.41) is 0. The average Bonchev–Trinajstić information content (AvgIpc) is 2.84. The summed E-state index contributed by atoms with van der Waals surface area (Å²) in [5.74, 6) is 1.29. The van der Waals surface area contributed by atoms with Crippen molar-refractivity contribution in [1.29, 1.82) is 0 Å².